The number of methoxy groups -OCH3 is 1. The Morgan fingerprint density at radius 3 is 2.37 bits per heavy atom. The Hall–Kier alpha value is -4.04. The molecular formula is C20H17F6N7O2. The van der Waals surface area contributed by atoms with Crippen LogP contribution in [-0.2, 0) is 6.18 Å². The van der Waals surface area contributed by atoms with Gasteiger partial charge in [-0.2, -0.15) is 40.9 Å². The topological polar surface area (TPSA) is 91.4 Å². The van der Waals surface area contributed by atoms with E-state index in [-0.39, 0.29) is 5.95 Å². The molecule has 9 nitrogen and oxygen atoms in total. The molecule has 0 aliphatic carbocycles. The fraction of sp³-hybridized carbons (Fsp3) is 0.300. The molecule has 186 valence electrons. The van der Waals surface area contributed by atoms with Crippen LogP contribution in [0.5, 0.6) is 11.6 Å². The van der Waals surface area contributed by atoms with Crippen LogP contribution in [-0.4, -0.2) is 48.8 Å². The Kier molecular flexibility index (Phi) is 5.94. The van der Waals surface area contributed by atoms with Crippen LogP contribution >= 0.6 is 0 Å². The van der Waals surface area contributed by atoms with Crippen LogP contribution in [0.25, 0.3) is 11.3 Å². The number of ether oxygens (including phenoxy) is 2. The Morgan fingerprint density at radius 1 is 1.03 bits per heavy atom. The first kappa shape index (κ1) is 24.1. The van der Waals surface area contributed by atoms with Gasteiger partial charge in [-0.15, -0.1) is 5.10 Å². The van der Waals surface area contributed by atoms with Crippen LogP contribution in [0.1, 0.15) is 18.3 Å². The second-order valence-corrected chi connectivity index (χ2v) is 7.30. The van der Waals surface area contributed by atoms with Crippen LogP contribution in [0.3, 0.4) is 0 Å². The molecule has 3 aromatic heterocycles. The zero-order valence-electron chi connectivity index (χ0n) is 18.3. The van der Waals surface area contributed by atoms with E-state index in [1.54, 1.807) is 19.1 Å². The number of benzene rings is 1. The number of halogens is 6. The van der Waals surface area contributed by atoms with Crippen LogP contribution in [0.15, 0.2) is 36.7 Å². The summed E-state index contributed by atoms with van der Waals surface area (Å²) in [6, 6.07) is 6.05. The van der Waals surface area contributed by atoms with Gasteiger partial charge in [-0.05, 0) is 32.0 Å². The van der Waals surface area contributed by atoms with Gasteiger partial charge in [0.25, 0.3) is 0 Å². The first-order valence-electron chi connectivity index (χ1n) is 9.91. The minimum absolute atomic E-state index is 0.308. The highest BCUT2D eigenvalue weighted by atomic mass is 19.4. The lowest BCUT2D eigenvalue weighted by molar-refractivity contribution is -0.190. The van der Waals surface area contributed by atoms with Gasteiger partial charge in [-0.3, -0.25) is 0 Å². The number of nitrogens with zero attached hydrogens (tertiary/aromatic N) is 6. The molecule has 15 heteroatoms. The number of pyridine rings is 1. The monoisotopic (exact) mass is 501 g/mol. The van der Waals surface area contributed by atoms with E-state index in [1.807, 2.05) is 0 Å². The van der Waals surface area contributed by atoms with Gasteiger partial charge in [0.2, 0.25) is 11.8 Å². The molecule has 0 fully saturated rings. The van der Waals surface area contributed by atoms with Crippen LogP contribution in [0.2, 0.25) is 0 Å². The number of nitrogens with one attached hydrogen (secondary N) is 1. The molecule has 0 radical (unpaired) electrons. The van der Waals surface area contributed by atoms with E-state index in [1.165, 1.54) is 24.2 Å². The average molecular weight is 501 g/mol. The molecule has 0 aliphatic rings. The average Bonchev–Trinajstić information content (AvgIpc) is 3.38. The Labute approximate surface area is 193 Å². The van der Waals surface area contributed by atoms with Crippen molar-refractivity contribution in [3.63, 3.8) is 0 Å². The fourth-order valence-electron chi connectivity index (χ4n) is 3.09. The summed E-state index contributed by atoms with van der Waals surface area (Å²) in [4.78, 5) is 7.87. The maximum atomic E-state index is 13.5. The third kappa shape index (κ3) is 4.93. The molecule has 35 heavy (non-hydrogen) atoms. The van der Waals surface area contributed by atoms with E-state index >= 15 is 0 Å². The maximum absolute atomic E-state index is 13.5. The van der Waals surface area contributed by atoms with Crippen molar-refractivity contribution >= 4 is 17.3 Å². The predicted octanol–water partition coefficient (Wildman–Crippen LogP) is 4.72. The van der Waals surface area contributed by atoms with Crippen molar-refractivity contribution in [1.82, 2.24) is 29.4 Å². The van der Waals surface area contributed by atoms with E-state index in [4.69, 9.17) is 9.47 Å². The van der Waals surface area contributed by atoms with Crippen molar-refractivity contribution in [3.05, 3.63) is 48.0 Å². The number of anilines is 2. The van der Waals surface area contributed by atoms with Gasteiger partial charge in [0, 0.05) is 17.8 Å². The predicted molar refractivity (Wildman–Crippen MR) is 110 cm³/mol. The third-order valence-corrected chi connectivity index (χ3v) is 4.80. The number of aryl methyl sites for hydroxylation is 1. The third-order valence-electron chi connectivity index (χ3n) is 4.80. The molecule has 4 rings (SSSR count). The van der Waals surface area contributed by atoms with Crippen molar-refractivity contribution < 1.29 is 35.8 Å². The van der Waals surface area contributed by atoms with Crippen molar-refractivity contribution in [2.24, 2.45) is 0 Å². The Morgan fingerprint density at radius 2 is 1.77 bits per heavy atom. The van der Waals surface area contributed by atoms with Gasteiger partial charge in [-0.1, -0.05) is 0 Å². The minimum Gasteiger partial charge on any atom is -0.494 e. The molecule has 1 atom stereocenters. The number of alkyl halides is 6. The molecule has 1 aromatic carbocycles. The molecule has 1 unspecified atom stereocenters. The largest absolute Gasteiger partial charge is 0.494 e. The Bertz CT molecular complexity index is 1360. The van der Waals surface area contributed by atoms with Gasteiger partial charge >= 0.3 is 12.4 Å². The zero-order valence-corrected chi connectivity index (χ0v) is 18.3. The van der Waals surface area contributed by atoms with E-state index in [0.717, 1.165) is 13.0 Å². The number of hydrogen-bond acceptors (Lipinski definition) is 7. The fourth-order valence-corrected chi connectivity index (χ4v) is 3.09. The molecule has 0 aliphatic heterocycles. The second kappa shape index (κ2) is 8.63. The minimum atomic E-state index is -4.83. The number of aromatic nitrogens is 6. The standard InChI is InChI=1S/C20H17F6N7O2/c1-10(19(21,22)23)35-16-7-5-13(20(24,25)26)17-29-18(31-33(16)17)28-12-4-6-14(15(8-12)34-3)32-9-27-11(2)30-32/h4-10H,1-3H3,(H,28,31). The van der Waals surface area contributed by atoms with Gasteiger partial charge < -0.3 is 14.8 Å². The molecule has 0 bridgehead atoms. The van der Waals surface area contributed by atoms with E-state index in [0.29, 0.717) is 33.5 Å². The summed E-state index contributed by atoms with van der Waals surface area (Å²) in [5.74, 6) is 0.00891. The van der Waals surface area contributed by atoms with E-state index < -0.39 is 35.5 Å². The van der Waals surface area contributed by atoms with E-state index in [2.05, 4.69) is 25.5 Å². The summed E-state index contributed by atoms with van der Waals surface area (Å²) < 4.78 is 91.5. The lowest BCUT2D eigenvalue weighted by atomic mass is 10.2. The first-order chi connectivity index (χ1) is 16.4. The quantitative estimate of drug-likeness (QED) is 0.383. The highest BCUT2D eigenvalue weighted by Crippen LogP contribution is 2.35. The van der Waals surface area contributed by atoms with E-state index in [9.17, 15) is 26.3 Å². The molecule has 1 N–H and O–H groups in total. The van der Waals surface area contributed by atoms with Gasteiger partial charge in [-0.25, -0.2) is 9.67 Å². The lowest BCUT2D eigenvalue weighted by Gasteiger charge is -2.18. The molecule has 0 amide bonds. The summed E-state index contributed by atoms with van der Waals surface area (Å²) in [5.41, 5.74) is -1.05. The van der Waals surface area contributed by atoms with Gasteiger partial charge in [0.15, 0.2) is 11.8 Å². The number of fused-ring (bicyclic) bond motifs is 1. The summed E-state index contributed by atoms with van der Waals surface area (Å²) in [6.45, 7) is 2.43. The summed E-state index contributed by atoms with van der Waals surface area (Å²) in [6.07, 6.45) is -10.4. The number of hydrogen-bond donors (Lipinski definition) is 1. The van der Waals surface area contributed by atoms with Crippen LogP contribution in [0, 0.1) is 6.92 Å². The van der Waals surface area contributed by atoms with Crippen molar-refractivity contribution in [2.75, 3.05) is 12.4 Å². The first-order valence-corrected chi connectivity index (χ1v) is 9.91. The number of rotatable bonds is 6. The van der Waals surface area contributed by atoms with Crippen LogP contribution < -0.4 is 14.8 Å². The molecule has 0 spiro atoms. The highest BCUT2D eigenvalue weighted by Gasteiger charge is 2.40. The smallest absolute Gasteiger partial charge is 0.425 e. The van der Waals surface area contributed by atoms with Crippen LogP contribution in [0.4, 0.5) is 38.0 Å². The Balaban J connectivity index is 1.72. The summed E-state index contributed by atoms with van der Waals surface area (Å²) >= 11 is 0. The maximum Gasteiger partial charge on any atom is 0.425 e. The highest BCUT2D eigenvalue weighted by molar-refractivity contribution is 5.63. The molecule has 3 heterocycles. The second-order valence-electron chi connectivity index (χ2n) is 7.30. The van der Waals surface area contributed by atoms with Crippen molar-refractivity contribution in [3.8, 4) is 17.3 Å². The molecular weight excluding hydrogens is 484 g/mol. The summed E-state index contributed by atoms with van der Waals surface area (Å²) in [5, 5.41) is 10.8. The lowest BCUT2D eigenvalue weighted by Crippen LogP contribution is -2.31. The normalized spacial score (nSPS) is 13.2. The van der Waals surface area contributed by atoms with Gasteiger partial charge in [0.1, 0.15) is 29.2 Å². The summed E-state index contributed by atoms with van der Waals surface area (Å²) in [7, 11) is 1.41. The van der Waals surface area contributed by atoms with Gasteiger partial charge in [0.05, 0.1) is 7.11 Å². The van der Waals surface area contributed by atoms with Crippen molar-refractivity contribution in [1.29, 1.82) is 0 Å². The SMILES string of the molecule is COc1cc(Nc2nc3c(C(F)(F)F)ccc(OC(C)C(F)(F)F)n3n2)ccc1-n1cnc(C)n1. The molecule has 4 aromatic rings. The molecule has 0 saturated heterocycles. The van der Waals surface area contributed by atoms with Crippen molar-refractivity contribution in [2.45, 2.75) is 32.3 Å². The molecule has 0 saturated carbocycles. The zero-order chi connectivity index (χ0) is 25.5.